The van der Waals surface area contributed by atoms with Crippen molar-refractivity contribution in [3.05, 3.63) is 0 Å². The van der Waals surface area contributed by atoms with Gasteiger partial charge in [0, 0.05) is 26.2 Å². The molecule has 0 amide bonds. The van der Waals surface area contributed by atoms with E-state index in [4.69, 9.17) is 5.26 Å². The third kappa shape index (κ3) is 4.33. The molecule has 1 fully saturated rings. The lowest BCUT2D eigenvalue weighted by molar-refractivity contribution is -0.148. The zero-order chi connectivity index (χ0) is 14.7. The van der Waals surface area contributed by atoms with Gasteiger partial charge in [-0.2, -0.15) is 22.7 Å². The van der Waals surface area contributed by atoms with Crippen molar-refractivity contribution in [2.24, 2.45) is 0 Å². The average Bonchev–Trinajstić information content (AvgIpc) is 2.28. The molecule has 9 heteroatoms. The highest BCUT2D eigenvalue weighted by Crippen LogP contribution is 2.19. The van der Waals surface area contributed by atoms with Crippen LogP contribution in [0.2, 0.25) is 0 Å². The lowest BCUT2D eigenvalue weighted by Crippen LogP contribution is -2.52. The molecular formula is C10H16F3N3O2S. The van der Waals surface area contributed by atoms with Gasteiger partial charge in [-0.05, 0) is 6.42 Å². The van der Waals surface area contributed by atoms with Crippen LogP contribution in [0.5, 0.6) is 0 Å². The molecule has 0 N–H and O–H groups in total. The van der Waals surface area contributed by atoms with E-state index in [0.717, 1.165) is 4.31 Å². The highest BCUT2D eigenvalue weighted by molar-refractivity contribution is 7.90. The molecule has 19 heavy (non-hydrogen) atoms. The van der Waals surface area contributed by atoms with Gasteiger partial charge in [-0.15, -0.1) is 0 Å². The fourth-order valence-electron chi connectivity index (χ4n) is 1.94. The molecule has 110 valence electrons. The Balaban J connectivity index is 2.62. The monoisotopic (exact) mass is 299 g/mol. The van der Waals surface area contributed by atoms with E-state index in [1.165, 1.54) is 4.90 Å². The number of nitrogens with zero attached hydrogens (tertiary/aromatic N) is 3. The van der Waals surface area contributed by atoms with Gasteiger partial charge in [0.05, 0.1) is 12.6 Å². The highest BCUT2D eigenvalue weighted by Gasteiger charge is 2.36. The van der Waals surface area contributed by atoms with Gasteiger partial charge in [0.25, 0.3) is 0 Å². The van der Waals surface area contributed by atoms with Crippen molar-refractivity contribution in [3.63, 3.8) is 0 Å². The number of piperazine rings is 1. The zero-order valence-corrected chi connectivity index (χ0v) is 11.3. The Morgan fingerprint density at radius 1 is 1.26 bits per heavy atom. The Hall–Kier alpha value is -0.850. The molecule has 0 aliphatic carbocycles. The standard InChI is InChI=1S/C10H16F3N3O2S/c1-2-9(7-14)19(17,18)16-5-3-15(4-6-16)8-10(11,12)13/h9H,2-6,8H2,1H3. The molecule has 5 nitrogen and oxygen atoms in total. The van der Waals surface area contributed by atoms with E-state index in [1.54, 1.807) is 13.0 Å². The fourth-order valence-corrected chi connectivity index (χ4v) is 3.53. The van der Waals surface area contributed by atoms with E-state index in [0.29, 0.717) is 0 Å². The van der Waals surface area contributed by atoms with Crippen LogP contribution in [0.15, 0.2) is 0 Å². The second kappa shape index (κ2) is 6.07. The molecule has 1 saturated heterocycles. The van der Waals surface area contributed by atoms with E-state index in [-0.39, 0.29) is 32.6 Å². The molecule has 0 aromatic heterocycles. The molecule has 0 bridgehead atoms. The average molecular weight is 299 g/mol. The minimum Gasteiger partial charge on any atom is -0.292 e. The van der Waals surface area contributed by atoms with Crippen LogP contribution in [0.1, 0.15) is 13.3 Å². The third-order valence-corrected chi connectivity index (χ3v) is 5.21. The highest BCUT2D eigenvalue weighted by atomic mass is 32.2. The maximum atomic E-state index is 12.2. The number of halogens is 3. The third-order valence-electron chi connectivity index (χ3n) is 2.97. The molecule has 1 unspecified atom stereocenters. The molecule has 0 spiro atoms. The van der Waals surface area contributed by atoms with E-state index >= 15 is 0 Å². The second-order valence-electron chi connectivity index (χ2n) is 4.36. The van der Waals surface area contributed by atoms with Crippen molar-refractivity contribution in [2.75, 3.05) is 32.7 Å². The maximum Gasteiger partial charge on any atom is 0.401 e. The number of alkyl halides is 3. The van der Waals surface area contributed by atoms with Gasteiger partial charge in [-0.1, -0.05) is 6.92 Å². The molecule has 0 aromatic carbocycles. The molecule has 1 atom stereocenters. The van der Waals surface area contributed by atoms with Crippen molar-refractivity contribution < 1.29 is 21.6 Å². The SMILES string of the molecule is CCC(C#N)S(=O)(=O)N1CCN(CC(F)(F)F)CC1. The molecule has 1 rings (SSSR count). The number of sulfonamides is 1. The zero-order valence-electron chi connectivity index (χ0n) is 10.5. The first-order valence-corrected chi connectivity index (χ1v) is 7.38. The van der Waals surface area contributed by atoms with Crippen LogP contribution in [0.4, 0.5) is 13.2 Å². The molecule has 0 aromatic rings. The summed E-state index contributed by atoms with van der Waals surface area (Å²) >= 11 is 0. The minimum absolute atomic E-state index is 0.00338. The van der Waals surface area contributed by atoms with Gasteiger partial charge in [0.2, 0.25) is 10.0 Å². The van der Waals surface area contributed by atoms with Crippen LogP contribution < -0.4 is 0 Å². The Bertz CT molecular complexity index is 436. The van der Waals surface area contributed by atoms with Crippen molar-refractivity contribution in [1.82, 2.24) is 9.21 Å². The van der Waals surface area contributed by atoms with Crippen molar-refractivity contribution in [3.8, 4) is 6.07 Å². The first kappa shape index (κ1) is 16.2. The molecule has 0 radical (unpaired) electrons. The summed E-state index contributed by atoms with van der Waals surface area (Å²) in [6.45, 7) is 0.607. The maximum absolute atomic E-state index is 12.2. The van der Waals surface area contributed by atoms with Crippen LogP contribution in [-0.4, -0.2) is 61.8 Å². The summed E-state index contributed by atoms with van der Waals surface area (Å²) in [6.07, 6.45) is -4.11. The molecule has 1 heterocycles. The summed E-state index contributed by atoms with van der Waals surface area (Å²) in [5, 5.41) is 7.66. The quantitative estimate of drug-likeness (QED) is 0.770. The Morgan fingerprint density at radius 3 is 2.16 bits per heavy atom. The van der Waals surface area contributed by atoms with Crippen molar-refractivity contribution in [2.45, 2.75) is 24.8 Å². The fraction of sp³-hybridized carbons (Fsp3) is 0.900. The lowest BCUT2D eigenvalue weighted by Gasteiger charge is -2.34. The predicted octanol–water partition coefficient (Wildman–Crippen LogP) is 0.798. The number of hydrogen-bond donors (Lipinski definition) is 0. The number of hydrogen-bond acceptors (Lipinski definition) is 4. The van der Waals surface area contributed by atoms with Crippen LogP contribution >= 0.6 is 0 Å². The number of rotatable bonds is 4. The van der Waals surface area contributed by atoms with Gasteiger partial charge in [0.15, 0.2) is 5.25 Å². The van der Waals surface area contributed by atoms with E-state index in [1.807, 2.05) is 0 Å². The first-order valence-electron chi connectivity index (χ1n) is 5.88. The predicted molar refractivity (Wildman–Crippen MR) is 62.7 cm³/mol. The molecule has 1 aliphatic rings. The summed E-state index contributed by atoms with van der Waals surface area (Å²) in [4.78, 5) is 1.17. The Morgan fingerprint density at radius 2 is 1.79 bits per heavy atom. The van der Waals surface area contributed by atoms with E-state index in [2.05, 4.69) is 0 Å². The van der Waals surface area contributed by atoms with E-state index < -0.39 is 28.0 Å². The van der Waals surface area contributed by atoms with Gasteiger partial charge in [0.1, 0.15) is 0 Å². The summed E-state index contributed by atoms with van der Waals surface area (Å²) in [6, 6.07) is 1.72. The second-order valence-corrected chi connectivity index (χ2v) is 6.48. The summed E-state index contributed by atoms with van der Waals surface area (Å²) in [5.41, 5.74) is 0. The summed E-state index contributed by atoms with van der Waals surface area (Å²) < 4.78 is 61.7. The van der Waals surface area contributed by atoms with Gasteiger partial charge >= 0.3 is 6.18 Å². The van der Waals surface area contributed by atoms with Gasteiger partial charge in [-0.3, -0.25) is 4.90 Å². The Kier molecular flexibility index (Phi) is 5.18. The van der Waals surface area contributed by atoms with Gasteiger partial charge < -0.3 is 0 Å². The normalized spacial score (nSPS) is 21.0. The first-order chi connectivity index (χ1) is 8.70. The van der Waals surface area contributed by atoms with Crippen LogP contribution in [0, 0.1) is 11.3 Å². The topological polar surface area (TPSA) is 64.4 Å². The van der Waals surface area contributed by atoms with Crippen molar-refractivity contribution >= 4 is 10.0 Å². The largest absolute Gasteiger partial charge is 0.401 e. The van der Waals surface area contributed by atoms with Gasteiger partial charge in [-0.25, -0.2) is 8.42 Å². The molecular weight excluding hydrogens is 283 g/mol. The molecule has 0 saturated carbocycles. The lowest BCUT2D eigenvalue weighted by atomic mass is 10.3. The van der Waals surface area contributed by atoms with Crippen LogP contribution in [-0.2, 0) is 10.0 Å². The van der Waals surface area contributed by atoms with Crippen molar-refractivity contribution in [1.29, 1.82) is 5.26 Å². The summed E-state index contributed by atoms with van der Waals surface area (Å²) in [7, 11) is -3.73. The Labute approximate surface area is 110 Å². The van der Waals surface area contributed by atoms with Crippen LogP contribution in [0.25, 0.3) is 0 Å². The van der Waals surface area contributed by atoms with E-state index in [9.17, 15) is 21.6 Å². The molecule has 1 aliphatic heterocycles. The van der Waals surface area contributed by atoms with Crippen LogP contribution in [0.3, 0.4) is 0 Å². The summed E-state index contributed by atoms with van der Waals surface area (Å²) in [5.74, 6) is 0. The minimum atomic E-state index is -4.28. The smallest absolute Gasteiger partial charge is 0.292 e. The number of nitriles is 1.